The Morgan fingerprint density at radius 3 is 2.75 bits per heavy atom. The van der Waals surface area contributed by atoms with Crippen LogP contribution >= 0.6 is 0 Å². The number of benzene rings is 2. The molecule has 1 saturated heterocycles. The van der Waals surface area contributed by atoms with Gasteiger partial charge in [0.25, 0.3) is 0 Å². The Labute approximate surface area is 187 Å². The van der Waals surface area contributed by atoms with Gasteiger partial charge in [-0.25, -0.2) is 9.97 Å². The number of aliphatic carboxylic acids is 1. The van der Waals surface area contributed by atoms with Crippen molar-refractivity contribution in [2.24, 2.45) is 0 Å². The Morgan fingerprint density at radius 2 is 1.94 bits per heavy atom. The number of phenolic OH excluding ortho intramolecular Hbond substituents is 1. The first-order valence-corrected chi connectivity index (χ1v) is 10.9. The van der Waals surface area contributed by atoms with E-state index in [1.54, 1.807) is 18.3 Å². The zero-order valence-corrected chi connectivity index (χ0v) is 17.9. The van der Waals surface area contributed by atoms with Gasteiger partial charge in [0.15, 0.2) is 0 Å². The lowest BCUT2D eigenvalue weighted by atomic mass is 10.1. The van der Waals surface area contributed by atoms with Gasteiger partial charge in [-0.05, 0) is 48.2 Å². The summed E-state index contributed by atoms with van der Waals surface area (Å²) in [5.41, 5.74) is 4.26. The number of piperazine rings is 1. The molecule has 0 bridgehead atoms. The van der Waals surface area contributed by atoms with E-state index in [0.717, 1.165) is 48.5 Å². The van der Waals surface area contributed by atoms with E-state index >= 15 is 0 Å². The molecular weight excluding hydrogens is 404 g/mol. The molecule has 4 rings (SSSR count). The molecule has 1 aromatic heterocycles. The third kappa shape index (κ3) is 5.90. The molecule has 0 spiro atoms. The second kappa shape index (κ2) is 10.3. The van der Waals surface area contributed by atoms with Gasteiger partial charge >= 0.3 is 5.97 Å². The molecule has 1 fully saturated rings. The van der Waals surface area contributed by atoms with Gasteiger partial charge in [-0.15, -0.1) is 0 Å². The molecule has 7 nitrogen and oxygen atoms in total. The van der Waals surface area contributed by atoms with E-state index in [9.17, 15) is 15.0 Å². The number of carboxylic acids is 1. The van der Waals surface area contributed by atoms with Crippen molar-refractivity contribution in [2.45, 2.75) is 31.8 Å². The van der Waals surface area contributed by atoms with Gasteiger partial charge in [-0.2, -0.15) is 0 Å². The first-order chi connectivity index (χ1) is 15.6. The number of aromatic nitrogens is 2. The van der Waals surface area contributed by atoms with Crippen LogP contribution in [0.25, 0.3) is 11.3 Å². The summed E-state index contributed by atoms with van der Waals surface area (Å²) in [6, 6.07) is 17.0. The second-order valence-electron chi connectivity index (χ2n) is 8.16. The van der Waals surface area contributed by atoms with E-state index in [4.69, 9.17) is 4.98 Å². The van der Waals surface area contributed by atoms with Crippen LogP contribution in [0.5, 0.6) is 5.75 Å². The lowest BCUT2D eigenvalue weighted by molar-refractivity contribution is -0.140. The van der Waals surface area contributed by atoms with Crippen molar-refractivity contribution in [1.82, 2.24) is 20.2 Å². The molecule has 0 amide bonds. The average Bonchev–Trinajstić information content (AvgIpc) is 2.81. The van der Waals surface area contributed by atoms with Crippen LogP contribution in [0.3, 0.4) is 0 Å². The maximum Gasteiger partial charge on any atom is 0.322 e. The van der Waals surface area contributed by atoms with Crippen LogP contribution in [-0.4, -0.2) is 56.7 Å². The molecule has 1 aliphatic heterocycles. The number of hydrogen-bond acceptors (Lipinski definition) is 6. The third-order valence-corrected chi connectivity index (χ3v) is 5.69. The summed E-state index contributed by atoms with van der Waals surface area (Å²) in [6.45, 7) is 2.71. The maximum atomic E-state index is 11.3. The molecule has 166 valence electrons. The van der Waals surface area contributed by atoms with Crippen molar-refractivity contribution in [3.05, 3.63) is 77.7 Å². The number of phenols is 1. The Kier molecular flexibility index (Phi) is 7.09. The molecule has 1 aliphatic rings. The third-order valence-electron chi connectivity index (χ3n) is 5.69. The van der Waals surface area contributed by atoms with Gasteiger partial charge in [0.2, 0.25) is 0 Å². The van der Waals surface area contributed by atoms with Crippen LogP contribution in [-0.2, 0) is 24.2 Å². The minimum Gasteiger partial charge on any atom is -0.508 e. The highest BCUT2D eigenvalue weighted by atomic mass is 16.4. The van der Waals surface area contributed by atoms with Crippen LogP contribution in [0.1, 0.15) is 23.4 Å². The van der Waals surface area contributed by atoms with Gasteiger partial charge in [-0.3, -0.25) is 9.69 Å². The Balaban J connectivity index is 1.38. The van der Waals surface area contributed by atoms with E-state index < -0.39 is 12.0 Å². The first-order valence-electron chi connectivity index (χ1n) is 10.9. The number of rotatable bonds is 8. The van der Waals surface area contributed by atoms with Crippen LogP contribution in [0.15, 0.2) is 60.8 Å². The predicted octanol–water partition coefficient (Wildman–Crippen LogP) is 2.88. The van der Waals surface area contributed by atoms with Gasteiger partial charge in [0, 0.05) is 44.4 Å². The molecule has 32 heavy (non-hydrogen) atoms. The quantitative estimate of drug-likeness (QED) is 0.503. The summed E-state index contributed by atoms with van der Waals surface area (Å²) in [7, 11) is 0. The second-order valence-corrected chi connectivity index (χ2v) is 8.16. The van der Waals surface area contributed by atoms with Gasteiger partial charge in [0.1, 0.15) is 17.6 Å². The summed E-state index contributed by atoms with van der Waals surface area (Å²) < 4.78 is 0. The van der Waals surface area contributed by atoms with Gasteiger partial charge in [-0.1, -0.05) is 30.3 Å². The molecule has 2 aromatic carbocycles. The molecule has 0 saturated carbocycles. The van der Waals surface area contributed by atoms with Crippen LogP contribution in [0.4, 0.5) is 0 Å². The van der Waals surface area contributed by atoms with Crippen molar-refractivity contribution in [2.75, 3.05) is 19.6 Å². The largest absolute Gasteiger partial charge is 0.508 e. The molecular formula is C25H28N4O3. The zero-order chi connectivity index (χ0) is 22.3. The topological polar surface area (TPSA) is 98.6 Å². The predicted molar refractivity (Wildman–Crippen MR) is 122 cm³/mol. The maximum absolute atomic E-state index is 11.3. The Hall–Kier alpha value is -3.29. The van der Waals surface area contributed by atoms with Crippen molar-refractivity contribution in [3.8, 4) is 17.0 Å². The van der Waals surface area contributed by atoms with E-state index in [1.807, 2.05) is 30.3 Å². The molecule has 1 unspecified atom stereocenters. The molecule has 0 radical (unpaired) electrons. The fourth-order valence-corrected chi connectivity index (χ4v) is 4.00. The molecule has 3 N–H and O–H groups in total. The smallest absolute Gasteiger partial charge is 0.322 e. The highest BCUT2D eigenvalue weighted by Gasteiger charge is 2.24. The normalized spacial score (nSPS) is 16.7. The molecule has 2 heterocycles. The van der Waals surface area contributed by atoms with Crippen molar-refractivity contribution in [1.29, 1.82) is 0 Å². The lowest BCUT2D eigenvalue weighted by Gasteiger charge is -2.31. The first kappa shape index (κ1) is 21.9. The Bertz CT molecular complexity index is 1060. The van der Waals surface area contributed by atoms with E-state index in [-0.39, 0.29) is 5.75 Å². The highest BCUT2D eigenvalue weighted by molar-refractivity contribution is 5.73. The number of aromatic hydroxyl groups is 1. The fraction of sp³-hybridized carbons (Fsp3) is 0.320. The standard InChI is InChI=1S/C25H28N4O3/c30-21-9-7-18(8-10-21)3-2-6-24-27-12-11-22(28-24)20-5-1-4-19(15-20)16-29-14-13-26-23(17-29)25(31)32/h1,4-5,7-12,15,23,26,30H,2-3,6,13-14,16-17H2,(H,31,32). The van der Waals surface area contributed by atoms with Crippen LogP contribution in [0, 0.1) is 0 Å². The number of aryl methyl sites for hydroxylation is 2. The summed E-state index contributed by atoms with van der Waals surface area (Å²) in [5, 5.41) is 21.7. The number of nitrogens with one attached hydrogen (secondary N) is 1. The monoisotopic (exact) mass is 432 g/mol. The van der Waals surface area contributed by atoms with Gasteiger partial charge < -0.3 is 15.5 Å². The van der Waals surface area contributed by atoms with Crippen molar-refractivity contribution < 1.29 is 15.0 Å². The fourth-order valence-electron chi connectivity index (χ4n) is 4.00. The lowest BCUT2D eigenvalue weighted by Crippen LogP contribution is -2.53. The number of nitrogens with zero attached hydrogens (tertiary/aromatic N) is 3. The van der Waals surface area contributed by atoms with Crippen LogP contribution in [0.2, 0.25) is 0 Å². The molecule has 7 heteroatoms. The summed E-state index contributed by atoms with van der Waals surface area (Å²) in [6.07, 6.45) is 4.43. The minimum absolute atomic E-state index is 0.283. The highest BCUT2D eigenvalue weighted by Crippen LogP contribution is 2.20. The molecule has 3 aromatic rings. The summed E-state index contributed by atoms with van der Waals surface area (Å²) >= 11 is 0. The number of carbonyl (C=O) groups is 1. The molecule has 1 atom stereocenters. The van der Waals surface area contributed by atoms with Crippen molar-refractivity contribution in [3.63, 3.8) is 0 Å². The van der Waals surface area contributed by atoms with Crippen LogP contribution < -0.4 is 5.32 Å². The van der Waals surface area contributed by atoms with E-state index in [2.05, 4.69) is 27.3 Å². The summed E-state index contributed by atoms with van der Waals surface area (Å²) in [4.78, 5) is 22.6. The van der Waals surface area contributed by atoms with Crippen molar-refractivity contribution >= 4 is 5.97 Å². The number of carboxylic acid groups (broad SMARTS) is 1. The average molecular weight is 433 g/mol. The minimum atomic E-state index is -0.803. The molecule has 0 aliphatic carbocycles. The van der Waals surface area contributed by atoms with E-state index in [0.29, 0.717) is 19.6 Å². The zero-order valence-electron chi connectivity index (χ0n) is 17.9. The summed E-state index contributed by atoms with van der Waals surface area (Å²) in [5.74, 6) is 0.297. The van der Waals surface area contributed by atoms with E-state index in [1.165, 1.54) is 5.56 Å². The number of hydrogen-bond donors (Lipinski definition) is 3. The van der Waals surface area contributed by atoms with Gasteiger partial charge in [0.05, 0.1) is 5.69 Å². The SMILES string of the molecule is O=C(O)C1CN(Cc2cccc(-c3ccnc(CCCc4ccc(O)cc4)n3)c2)CCN1. The Morgan fingerprint density at radius 1 is 1.09 bits per heavy atom.